The van der Waals surface area contributed by atoms with Crippen LogP contribution in [-0.4, -0.2) is 74.9 Å². The molecule has 0 aromatic rings. The van der Waals surface area contributed by atoms with Crippen LogP contribution in [0.5, 0.6) is 0 Å². The normalized spacial score (nSPS) is 14.3. The van der Waals surface area contributed by atoms with E-state index in [1.54, 1.807) is 0 Å². The maximum atomic E-state index is 12.3. The maximum Gasteiger partial charge on any atom is 0.472 e. The number of unbranched alkanes of at least 4 members (excludes halogenated alkanes) is 10. The first-order chi connectivity index (χ1) is 17.0. The lowest BCUT2D eigenvalue weighted by Crippen LogP contribution is -2.37. The van der Waals surface area contributed by atoms with Gasteiger partial charge in [0.25, 0.3) is 0 Å². The van der Waals surface area contributed by atoms with Gasteiger partial charge in [-0.3, -0.25) is 18.6 Å². The lowest BCUT2D eigenvalue weighted by molar-refractivity contribution is -0.870. The minimum Gasteiger partial charge on any atom is -0.462 e. The summed E-state index contributed by atoms with van der Waals surface area (Å²) in [6, 6.07) is 0. The molecule has 10 heteroatoms. The monoisotopic (exact) mass is 538 g/mol. The van der Waals surface area contributed by atoms with Crippen molar-refractivity contribution in [3.63, 3.8) is 0 Å². The molecule has 0 saturated heterocycles. The van der Waals surface area contributed by atoms with Gasteiger partial charge in [-0.1, -0.05) is 78.1 Å². The number of hydrogen-bond donors (Lipinski definition) is 1. The van der Waals surface area contributed by atoms with Gasteiger partial charge in [-0.15, -0.1) is 0 Å². The molecule has 0 fully saturated rings. The third-order valence-corrected chi connectivity index (χ3v) is 6.62. The van der Waals surface area contributed by atoms with Gasteiger partial charge in [0.05, 0.1) is 27.7 Å². The number of likely N-dealkylation sites (N-methyl/N-ethyl adjacent to an activating group) is 1. The summed E-state index contributed by atoms with van der Waals surface area (Å²) in [4.78, 5) is 34.3. The summed E-state index contributed by atoms with van der Waals surface area (Å²) < 4.78 is 33.5. The van der Waals surface area contributed by atoms with Gasteiger partial charge in [-0.05, 0) is 12.8 Å². The average Bonchev–Trinajstić information content (AvgIpc) is 2.79. The van der Waals surface area contributed by atoms with E-state index >= 15 is 0 Å². The Balaban J connectivity index is 4.57. The number of phosphoric ester groups is 1. The van der Waals surface area contributed by atoms with E-state index in [2.05, 4.69) is 13.8 Å². The first-order valence-corrected chi connectivity index (χ1v) is 15.3. The molecule has 2 unspecified atom stereocenters. The predicted octanol–water partition coefficient (Wildman–Crippen LogP) is 5.78. The molecular weight excluding hydrogens is 485 g/mol. The van der Waals surface area contributed by atoms with Gasteiger partial charge in [0.15, 0.2) is 6.10 Å². The van der Waals surface area contributed by atoms with Crippen molar-refractivity contribution in [3.05, 3.63) is 0 Å². The number of rotatable bonds is 24. The first-order valence-electron chi connectivity index (χ1n) is 13.8. The topological polar surface area (TPSA) is 108 Å². The highest BCUT2D eigenvalue weighted by atomic mass is 31.2. The highest BCUT2D eigenvalue weighted by Crippen LogP contribution is 2.43. The minimum absolute atomic E-state index is 0.0346. The number of phosphoric acid groups is 1. The predicted molar refractivity (Wildman–Crippen MR) is 141 cm³/mol. The fraction of sp³-hybridized carbons (Fsp3) is 0.923. The van der Waals surface area contributed by atoms with Gasteiger partial charge >= 0.3 is 19.8 Å². The number of quaternary nitrogens is 1. The van der Waals surface area contributed by atoms with Gasteiger partial charge < -0.3 is 18.9 Å². The van der Waals surface area contributed by atoms with E-state index in [1.807, 2.05) is 21.1 Å². The zero-order valence-electron chi connectivity index (χ0n) is 23.5. The van der Waals surface area contributed by atoms with Crippen LogP contribution in [-0.2, 0) is 32.7 Å². The van der Waals surface area contributed by atoms with Crippen LogP contribution in [0, 0.1) is 0 Å². The molecule has 0 heterocycles. The molecule has 0 aromatic carbocycles. The number of carbonyl (C=O) groups excluding carboxylic acids is 2. The van der Waals surface area contributed by atoms with Gasteiger partial charge in [-0.2, -0.15) is 0 Å². The van der Waals surface area contributed by atoms with Gasteiger partial charge in [0.1, 0.15) is 19.8 Å². The van der Waals surface area contributed by atoms with Crippen LogP contribution in [0.15, 0.2) is 0 Å². The fourth-order valence-corrected chi connectivity index (χ4v) is 4.10. The van der Waals surface area contributed by atoms with E-state index in [1.165, 1.54) is 32.1 Å². The Bertz CT molecular complexity index is 624. The van der Waals surface area contributed by atoms with Crippen molar-refractivity contribution in [2.24, 2.45) is 0 Å². The number of esters is 2. The number of carbonyl (C=O) groups is 2. The number of hydrogen-bond acceptors (Lipinski definition) is 7. The smallest absolute Gasteiger partial charge is 0.462 e. The molecule has 0 bridgehead atoms. The molecule has 0 amide bonds. The summed E-state index contributed by atoms with van der Waals surface area (Å²) in [5, 5.41) is 0. The Morgan fingerprint density at radius 1 is 0.750 bits per heavy atom. The second-order valence-corrected chi connectivity index (χ2v) is 11.9. The second-order valence-electron chi connectivity index (χ2n) is 10.4. The Morgan fingerprint density at radius 3 is 1.81 bits per heavy atom. The van der Waals surface area contributed by atoms with Crippen LogP contribution < -0.4 is 0 Å². The standard InChI is InChI=1S/C26H52NO8P/c1-6-8-10-12-13-14-15-17-19-26(29)35-24(22-32-25(28)18-16-11-9-7-2)23-34-36(30,31)33-21-20-27(3,4)5/h24H,6-23H2,1-5H3/p+1. The Kier molecular flexibility index (Phi) is 20.4. The van der Waals surface area contributed by atoms with Crippen molar-refractivity contribution in [2.75, 3.05) is 47.5 Å². The highest BCUT2D eigenvalue weighted by molar-refractivity contribution is 7.47. The van der Waals surface area contributed by atoms with Gasteiger partial charge in [0.2, 0.25) is 0 Å². The molecule has 9 nitrogen and oxygen atoms in total. The van der Waals surface area contributed by atoms with E-state index in [9.17, 15) is 19.0 Å². The second kappa shape index (κ2) is 21.0. The lowest BCUT2D eigenvalue weighted by atomic mass is 10.1. The number of nitrogens with zero attached hydrogens (tertiary/aromatic N) is 1. The van der Waals surface area contributed by atoms with Crippen molar-refractivity contribution in [1.82, 2.24) is 0 Å². The van der Waals surface area contributed by atoms with E-state index in [4.69, 9.17) is 18.5 Å². The van der Waals surface area contributed by atoms with Crippen LogP contribution >= 0.6 is 7.82 Å². The van der Waals surface area contributed by atoms with E-state index in [-0.39, 0.29) is 32.0 Å². The summed E-state index contributed by atoms with van der Waals surface area (Å²) >= 11 is 0. The molecule has 0 saturated carbocycles. The van der Waals surface area contributed by atoms with Crippen molar-refractivity contribution in [3.8, 4) is 0 Å². The summed E-state index contributed by atoms with van der Waals surface area (Å²) in [6.07, 6.45) is 12.2. The van der Waals surface area contributed by atoms with Crippen LogP contribution in [0.2, 0.25) is 0 Å². The third kappa shape index (κ3) is 23.4. The number of ether oxygens (including phenoxy) is 2. The SMILES string of the molecule is CCCCCCCCCCC(=O)OC(COC(=O)CCCCCC)COP(=O)(O)OCC[N+](C)(C)C. The molecule has 0 radical (unpaired) electrons. The maximum absolute atomic E-state index is 12.3. The molecule has 0 aromatic heterocycles. The Hall–Kier alpha value is -0.990. The molecule has 36 heavy (non-hydrogen) atoms. The van der Waals surface area contributed by atoms with Crippen LogP contribution in [0.1, 0.15) is 104 Å². The van der Waals surface area contributed by atoms with E-state index < -0.39 is 26.5 Å². The van der Waals surface area contributed by atoms with Crippen molar-refractivity contribution < 1.29 is 42.1 Å². The summed E-state index contributed by atoms with van der Waals surface area (Å²) in [6.45, 7) is 4.21. The summed E-state index contributed by atoms with van der Waals surface area (Å²) in [5.41, 5.74) is 0. The molecule has 214 valence electrons. The largest absolute Gasteiger partial charge is 0.472 e. The fourth-order valence-electron chi connectivity index (χ4n) is 3.36. The molecule has 0 aliphatic rings. The van der Waals surface area contributed by atoms with Gasteiger partial charge in [0, 0.05) is 12.8 Å². The van der Waals surface area contributed by atoms with Crippen molar-refractivity contribution in [2.45, 2.75) is 110 Å². The Morgan fingerprint density at radius 2 is 1.25 bits per heavy atom. The minimum atomic E-state index is -4.33. The third-order valence-electron chi connectivity index (χ3n) is 5.64. The van der Waals surface area contributed by atoms with Crippen LogP contribution in [0.25, 0.3) is 0 Å². The van der Waals surface area contributed by atoms with Crippen molar-refractivity contribution in [1.29, 1.82) is 0 Å². The van der Waals surface area contributed by atoms with Crippen LogP contribution in [0.3, 0.4) is 0 Å². The zero-order valence-corrected chi connectivity index (χ0v) is 24.4. The first kappa shape index (κ1) is 35.0. The molecule has 0 rings (SSSR count). The average molecular weight is 539 g/mol. The van der Waals surface area contributed by atoms with E-state index in [0.29, 0.717) is 17.4 Å². The molecule has 0 aliphatic heterocycles. The molecular formula is C26H53NO8P+. The molecule has 0 aliphatic carbocycles. The molecule has 0 spiro atoms. The summed E-state index contributed by atoms with van der Waals surface area (Å²) in [7, 11) is 1.47. The Labute approximate surface area is 219 Å². The molecule has 2 atom stereocenters. The van der Waals surface area contributed by atoms with Crippen LogP contribution in [0.4, 0.5) is 0 Å². The van der Waals surface area contributed by atoms with Crippen molar-refractivity contribution >= 4 is 19.8 Å². The van der Waals surface area contributed by atoms with Gasteiger partial charge in [-0.25, -0.2) is 4.57 Å². The lowest BCUT2D eigenvalue weighted by Gasteiger charge is -2.24. The zero-order chi connectivity index (χ0) is 27.3. The van der Waals surface area contributed by atoms with E-state index in [0.717, 1.165) is 38.5 Å². The summed E-state index contributed by atoms with van der Waals surface area (Å²) in [5.74, 6) is -0.825. The molecule has 1 N–H and O–H groups in total. The highest BCUT2D eigenvalue weighted by Gasteiger charge is 2.27. The quantitative estimate of drug-likeness (QED) is 0.0713.